The summed E-state index contributed by atoms with van der Waals surface area (Å²) in [5.41, 5.74) is 0.650. The van der Waals surface area contributed by atoms with Gasteiger partial charge in [-0.1, -0.05) is 17.7 Å². The molecule has 2 N–H and O–H groups in total. The molecule has 1 fully saturated rings. The number of rotatable bonds is 7. The summed E-state index contributed by atoms with van der Waals surface area (Å²) in [5, 5.41) is 5.36. The second kappa shape index (κ2) is 8.56. The van der Waals surface area contributed by atoms with Gasteiger partial charge in [-0.2, -0.15) is 0 Å². The van der Waals surface area contributed by atoms with Gasteiger partial charge in [-0.05, 0) is 51.1 Å². The number of nitrogens with zero attached hydrogens (tertiary/aromatic N) is 3. The molecule has 0 radical (unpaired) electrons. The Balaban J connectivity index is 1.46. The van der Waals surface area contributed by atoms with Crippen LogP contribution in [0, 0.1) is 6.92 Å². The zero-order chi connectivity index (χ0) is 23.8. The van der Waals surface area contributed by atoms with E-state index in [0.29, 0.717) is 23.1 Å². The van der Waals surface area contributed by atoms with Gasteiger partial charge in [0, 0.05) is 19.3 Å². The van der Waals surface area contributed by atoms with Crippen molar-refractivity contribution in [1.82, 2.24) is 20.2 Å². The Labute approximate surface area is 195 Å². The fourth-order valence-corrected chi connectivity index (χ4v) is 6.05. The first kappa shape index (κ1) is 22.9. The van der Waals surface area contributed by atoms with Crippen LogP contribution in [0.4, 0.5) is 10.7 Å². The summed E-state index contributed by atoms with van der Waals surface area (Å²) in [5.74, 6) is 0.00687. The minimum absolute atomic E-state index is 0.237. The van der Waals surface area contributed by atoms with E-state index in [2.05, 4.69) is 20.6 Å². The Morgan fingerprint density at radius 1 is 1.09 bits per heavy atom. The molecule has 172 valence electrons. The highest BCUT2D eigenvalue weighted by Gasteiger charge is 2.45. The largest absolute Gasteiger partial charge is 0.352 e. The summed E-state index contributed by atoms with van der Waals surface area (Å²) < 4.78 is 26.1. The number of urea groups is 1. The number of carbonyl (C=O) groups is 2. The number of sulfone groups is 1. The lowest BCUT2D eigenvalue weighted by molar-refractivity contribution is -0.125. The van der Waals surface area contributed by atoms with Gasteiger partial charge in [-0.3, -0.25) is 10.1 Å². The highest BCUT2D eigenvalue weighted by Crippen LogP contribution is 2.33. The van der Waals surface area contributed by atoms with Crippen molar-refractivity contribution in [2.24, 2.45) is 0 Å². The van der Waals surface area contributed by atoms with Crippen LogP contribution in [0.25, 0.3) is 10.6 Å². The van der Waals surface area contributed by atoms with Crippen molar-refractivity contribution in [2.75, 3.05) is 18.4 Å². The van der Waals surface area contributed by atoms with E-state index >= 15 is 0 Å². The molecule has 3 aromatic rings. The maximum absolute atomic E-state index is 12.9. The van der Waals surface area contributed by atoms with E-state index in [0.717, 1.165) is 16.9 Å². The number of benzene rings is 1. The van der Waals surface area contributed by atoms with Crippen molar-refractivity contribution in [1.29, 1.82) is 0 Å². The van der Waals surface area contributed by atoms with Gasteiger partial charge in [0.15, 0.2) is 0 Å². The van der Waals surface area contributed by atoms with Crippen LogP contribution in [0.3, 0.4) is 0 Å². The predicted octanol–water partition coefficient (Wildman–Crippen LogP) is 3.09. The minimum atomic E-state index is -3.61. The highest BCUT2D eigenvalue weighted by molar-refractivity contribution is 7.93. The van der Waals surface area contributed by atoms with Gasteiger partial charge in [0.1, 0.15) is 9.75 Å². The highest BCUT2D eigenvalue weighted by atomic mass is 32.2. The van der Waals surface area contributed by atoms with Crippen LogP contribution in [0.2, 0.25) is 0 Å². The Kier molecular flexibility index (Phi) is 5.93. The fourth-order valence-electron chi connectivity index (χ4n) is 3.37. The molecular formula is C22H23N5O4S2. The average Bonchev–Trinajstić information content (AvgIpc) is 3.34. The SMILES string of the molecule is Cc1ccc(S(=O)(=O)c2ccc(-c3ccnc(NCCN4C(=O)NC(=O)C4(C)C)n3)s2)cc1. The van der Waals surface area contributed by atoms with E-state index in [4.69, 9.17) is 0 Å². The first-order valence-corrected chi connectivity index (χ1v) is 12.5. The number of aromatic nitrogens is 2. The molecule has 2 aromatic heterocycles. The number of anilines is 1. The molecule has 0 saturated carbocycles. The third-order valence-corrected chi connectivity index (χ3v) is 8.77. The summed E-state index contributed by atoms with van der Waals surface area (Å²) in [6.07, 6.45) is 1.58. The van der Waals surface area contributed by atoms with Crippen LogP contribution in [0.15, 0.2) is 57.8 Å². The number of imide groups is 1. The first-order valence-electron chi connectivity index (χ1n) is 10.2. The maximum Gasteiger partial charge on any atom is 0.325 e. The molecule has 1 saturated heterocycles. The second-order valence-corrected chi connectivity index (χ2v) is 11.4. The van der Waals surface area contributed by atoms with Gasteiger partial charge in [0.25, 0.3) is 5.91 Å². The molecule has 3 amide bonds. The van der Waals surface area contributed by atoms with Crippen LogP contribution in [-0.4, -0.2) is 53.9 Å². The molecule has 0 aliphatic carbocycles. The summed E-state index contributed by atoms with van der Waals surface area (Å²) in [6.45, 7) is 5.90. The van der Waals surface area contributed by atoms with Crippen molar-refractivity contribution in [3.05, 3.63) is 54.2 Å². The van der Waals surface area contributed by atoms with Crippen molar-refractivity contribution in [3.63, 3.8) is 0 Å². The molecule has 0 bridgehead atoms. The summed E-state index contributed by atoms with van der Waals surface area (Å²) in [4.78, 5) is 34.9. The quantitative estimate of drug-likeness (QED) is 0.493. The second-order valence-electron chi connectivity index (χ2n) is 8.10. The summed E-state index contributed by atoms with van der Waals surface area (Å²) >= 11 is 1.14. The van der Waals surface area contributed by atoms with Gasteiger partial charge < -0.3 is 10.2 Å². The Morgan fingerprint density at radius 2 is 1.82 bits per heavy atom. The monoisotopic (exact) mass is 485 g/mol. The predicted molar refractivity (Wildman–Crippen MR) is 125 cm³/mol. The van der Waals surface area contributed by atoms with Crippen molar-refractivity contribution < 1.29 is 18.0 Å². The molecule has 1 aliphatic heterocycles. The van der Waals surface area contributed by atoms with E-state index in [1.54, 1.807) is 62.5 Å². The topological polar surface area (TPSA) is 121 Å². The molecule has 1 aliphatic rings. The number of nitrogens with one attached hydrogen (secondary N) is 2. The van der Waals surface area contributed by atoms with Crippen LogP contribution < -0.4 is 10.6 Å². The number of thiophene rings is 1. The lowest BCUT2D eigenvalue weighted by Gasteiger charge is -2.27. The number of carbonyl (C=O) groups excluding carboxylic acids is 2. The van der Waals surface area contributed by atoms with Crippen LogP contribution in [-0.2, 0) is 14.6 Å². The molecular weight excluding hydrogens is 462 g/mol. The zero-order valence-electron chi connectivity index (χ0n) is 18.3. The number of hydrogen-bond donors (Lipinski definition) is 2. The van der Waals surface area contributed by atoms with Crippen LogP contribution in [0.5, 0.6) is 0 Å². The molecule has 0 spiro atoms. The molecule has 1 aromatic carbocycles. The fraction of sp³-hybridized carbons (Fsp3) is 0.273. The molecule has 4 rings (SSSR count). The van der Waals surface area contributed by atoms with Gasteiger partial charge in [0.2, 0.25) is 15.8 Å². The molecule has 33 heavy (non-hydrogen) atoms. The summed E-state index contributed by atoms with van der Waals surface area (Å²) in [6, 6.07) is 11.3. The molecule has 11 heteroatoms. The van der Waals surface area contributed by atoms with E-state index in [1.807, 2.05) is 6.92 Å². The van der Waals surface area contributed by atoms with Gasteiger partial charge in [0.05, 0.1) is 15.5 Å². The van der Waals surface area contributed by atoms with Gasteiger partial charge in [-0.25, -0.2) is 23.2 Å². The van der Waals surface area contributed by atoms with Crippen LogP contribution in [0.1, 0.15) is 19.4 Å². The Bertz CT molecular complexity index is 1320. The Morgan fingerprint density at radius 3 is 2.48 bits per heavy atom. The van der Waals surface area contributed by atoms with E-state index < -0.39 is 21.4 Å². The first-order chi connectivity index (χ1) is 15.6. The molecule has 0 unspecified atom stereocenters. The number of amides is 3. The molecule has 0 atom stereocenters. The van der Waals surface area contributed by atoms with E-state index in [9.17, 15) is 18.0 Å². The number of hydrogen-bond acceptors (Lipinski definition) is 8. The van der Waals surface area contributed by atoms with Crippen LogP contribution >= 0.6 is 11.3 Å². The lowest BCUT2D eigenvalue weighted by Crippen LogP contribution is -2.46. The third-order valence-electron chi connectivity index (χ3n) is 5.40. The average molecular weight is 486 g/mol. The minimum Gasteiger partial charge on any atom is -0.352 e. The zero-order valence-corrected chi connectivity index (χ0v) is 20.0. The van der Waals surface area contributed by atoms with Crippen molar-refractivity contribution in [3.8, 4) is 10.6 Å². The number of aryl methyl sites for hydroxylation is 1. The van der Waals surface area contributed by atoms with Gasteiger partial charge >= 0.3 is 6.03 Å². The Hall–Kier alpha value is -3.31. The third kappa shape index (κ3) is 4.46. The van der Waals surface area contributed by atoms with E-state index in [-0.39, 0.29) is 21.6 Å². The maximum atomic E-state index is 12.9. The molecule has 9 nitrogen and oxygen atoms in total. The molecule has 3 heterocycles. The summed E-state index contributed by atoms with van der Waals surface area (Å²) in [7, 11) is -3.61. The lowest BCUT2D eigenvalue weighted by atomic mass is 10.0. The van der Waals surface area contributed by atoms with Crippen molar-refractivity contribution in [2.45, 2.75) is 35.4 Å². The van der Waals surface area contributed by atoms with E-state index in [1.165, 1.54) is 4.90 Å². The standard InChI is InChI=1S/C22H23N5O4S2/c1-14-4-6-15(7-5-14)33(30,31)18-9-8-17(32-18)16-10-11-23-20(25-16)24-12-13-27-21(29)26-19(28)22(27,2)3/h4-11H,12-13H2,1-3H3,(H,23,24,25)(H,26,28,29). The smallest absolute Gasteiger partial charge is 0.325 e. The normalized spacial score (nSPS) is 15.5. The van der Waals surface area contributed by atoms with Gasteiger partial charge in [-0.15, -0.1) is 11.3 Å². The van der Waals surface area contributed by atoms with Crippen molar-refractivity contribution >= 4 is 39.1 Å².